The monoisotopic (exact) mass is 426 g/mol. The van der Waals surface area contributed by atoms with Crippen LogP contribution in [-0.4, -0.2) is 11.8 Å². The number of ether oxygens (including phenoxy) is 1. The molecule has 2 amide bonds. The standard InChI is InChI=1S/C26H22N2O4/c1-17-7-5-8-20(15-17)32-23-10-4-3-9-21(23)27-25(29)19-13-12-18(2)22(16-19)28-26(30)24-11-6-14-31-24/h3-16H,1-2H3,(H,27,29)(H,28,30). The van der Waals surface area contributed by atoms with Gasteiger partial charge in [-0.2, -0.15) is 0 Å². The Labute approximate surface area is 185 Å². The van der Waals surface area contributed by atoms with E-state index in [1.165, 1.54) is 6.26 Å². The van der Waals surface area contributed by atoms with Crippen molar-refractivity contribution in [2.75, 3.05) is 10.6 Å². The van der Waals surface area contributed by atoms with Gasteiger partial charge in [0.25, 0.3) is 11.8 Å². The molecule has 0 bridgehead atoms. The van der Waals surface area contributed by atoms with Crippen molar-refractivity contribution >= 4 is 23.2 Å². The first kappa shape index (κ1) is 20.9. The minimum absolute atomic E-state index is 0.196. The first-order chi connectivity index (χ1) is 15.5. The fourth-order valence-corrected chi connectivity index (χ4v) is 3.15. The number of nitrogens with one attached hydrogen (secondary N) is 2. The van der Waals surface area contributed by atoms with E-state index in [0.717, 1.165) is 11.1 Å². The average Bonchev–Trinajstić information content (AvgIpc) is 3.32. The minimum atomic E-state index is -0.382. The quantitative estimate of drug-likeness (QED) is 0.385. The number of aryl methyl sites for hydroxylation is 2. The highest BCUT2D eigenvalue weighted by Crippen LogP contribution is 2.30. The Bertz CT molecular complexity index is 1260. The Morgan fingerprint density at radius 2 is 1.59 bits per heavy atom. The molecular weight excluding hydrogens is 404 g/mol. The van der Waals surface area contributed by atoms with E-state index >= 15 is 0 Å². The van der Waals surface area contributed by atoms with Crippen molar-refractivity contribution in [2.45, 2.75) is 13.8 Å². The summed E-state index contributed by atoms with van der Waals surface area (Å²) in [6.45, 7) is 3.84. The zero-order chi connectivity index (χ0) is 22.5. The molecule has 0 saturated heterocycles. The molecule has 4 rings (SSSR count). The number of hydrogen-bond donors (Lipinski definition) is 2. The van der Waals surface area contributed by atoms with Crippen LogP contribution in [0.1, 0.15) is 32.0 Å². The van der Waals surface area contributed by atoms with Crippen molar-refractivity contribution in [3.63, 3.8) is 0 Å². The largest absolute Gasteiger partial charge is 0.459 e. The lowest BCUT2D eigenvalue weighted by molar-refractivity contribution is 0.0993. The van der Waals surface area contributed by atoms with Crippen molar-refractivity contribution in [1.29, 1.82) is 0 Å². The summed E-state index contributed by atoms with van der Waals surface area (Å²) >= 11 is 0. The van der Waals surface area contributed by atoms with Crippen LogP contribution in [0.4, 0.5) is 11.4 Å². The van der Waals surface area contributed by atoms with Gasteiger partial charge in [-0.05, 0) is 73.5 Å². The number of benzene rings is 3. The van der Waals surface area contributed by atoms with Crippen LogP contribution in [0.25, 0.3) is 0 Å². The minimum Gasteiger partial charge on any atom is -0.459 e. The van der Waals surface area contributed by atoms with E-state index in [2.05, 4.69) is 10.6 Å². The third-order valence-corrected chi connectivity index (χ3v) is 4.85. The van der Waals surface area contributed by atoms with Gasteiger partial charge in [-0.1, -0.05) is 30.3 Å². The first-order valence-electron chi connectivity index (χ1n) is 10.1. The lowest BCUT2D eigenvalue weighted by atomic mass is 10.1. The number of carbonyl (C=O) groups is 2. The molecule has 3 aromatic carbocycles. The predicted octanol–water partition coefficient (Wildman–Crippen LogP) is 6.19. The fraction of sp³-hybridized carbons (Fsp3) is 0.0769. The van der Waals surface area contributed by atoms with Gasteiger partial charge in [0.15, 0.2) is 11.5 Å². The third kappa shape index (κ3) is 4.87. The second-order valence-corrected chi connectivity index (χ2v) is 7.33. The molecule has 32 heavy (non-hydrogen) atoms. The molecule has 0 aliphatic rings. The predicted molar refractivity (Wildman–Crippen MR) is 123 cm³/mol. The van der Waals surface area contributed by atoms with Gasteiger partial charge >= 0.3 is 0 Å². The van der Waals surface area contributed by atoms with E-state index in [1.807, 2.05) is 50.2 Å². The Morgan fingerprint density at radius 3 is 2.38 bits per heavy atom. The van der Waals surface area contributed by atoms with Crippen LogP contribution in [-0.2, 0) is 0 Å². The van der Waals surface area contributed by atoms with E-state index in [0.29, 0.717) is 28.4 Å². The maximum Gasteiger partial charge on any atom is 0.291 e. The van der Waals surface area contributed by atoms with Crippen LogP contribution in [0, 0.1) is 13.8 Å². The molecular formula is C26H22N2O4. The number of rotatable bonds is 6. The smallest absolute Gasteiger partial charge is 0.291 e. The number of furan rings is 1. The van der Waals surface area contributed by atoms with Gasteiger partial charge in [-0.25, -0.2) is 0 Å². The maximum atomic E-state index is 13.0. The van der Waals surface area contributed by atoms with Gasteiger partial charge in [0, 0.05) is 11.3 Å². The molecule has 0 atom stereocenters. The van der Waals surface area contributed by atoms with Crippen LogP contribution >= 0.6 is 0 Å². The Kier molecular flexibility index (Phi) is 6.03. The van der Waals surface area contributed by atoms with Crippen LogP contribution in [0.3, 0.4) is 0 Å². The van der Waals surface area contributed by atoms with Crippen molar-refractivity contribution in [1.82, 2.24) is 0 Å². The van der Waals surface area contributed by atoms with Gasteiger partial charge in [0.05, 0.1) is 12.0 Å². The summed E-state index contributed by atoms with van der Waals surface area (Å²) in [6, 6.07) is 23.3. The zero-order valence-corrected chi connectivity index (χ0v) is 17.7. The lowest BCUT2D eigenvalue weighted by Gasteiger charge is -2.14. The van der Waals surface area contributed by atoms with Crippen molar-refractivity contribution < 1.29 is 18.7 Å². The van der Waals surface area contributed by atoms with Gasteiger partial charge in [0.1, 0.15) is 5.75 Å². The van der Waals surface area contributed by atoms with E-state index in [4.69, 9.17) is 9.15 Å². The van der Waals surface area contributed by atoms with Crippen molar-refractivity contribution in [2.24, 2.45) is 0 Å². The Hall–Kier alpha value is -4.32. The topological polar surface area (TPSA) is 80.6 Å². The molecule has 0 spiro atoms. The molecule has 2 N–H and O–H groups in total. The SMILES string of the molecule is Cc1cccc(Oc2ccccc2NC(=O)c2ccc(C)c(NC(=O)c3ccco3)c2)c1. The van der Waals surface area contributed by atoms with E-state index in [-0.39, 0.29) is 17.6 Å². The van der Waals surface area contributed by atoms with Crippen LogP contribution < -0.4 is 15.4 Å². The normalized spacial score (nSPS) is 10.4. The average molecular weight is 426 g/mol. The van der Waals surface area contributed by atoms with Crippen molar-refractivity contribution in [3.8, 4) is 11.5 Å². The number of carbonyl (C=O) groups excluding carboxylic acids is 2. The third-order valence-electron chi connectivity index (χ3n) is 4.85. The molecule has 160 valence electrons. The fourth-order valence-electron chi connectivity index (χ4n) is 3.15. The molecule has 1 heterocycles. The number of anilines is 2. The lowest BCUT2D eigenvalue weighted by Crippen LogP contribution is -2.15. The highest BCUT2D eigenvalue weighted by Gasteiger charge is 2.15. The molecule has 6 nitrogen and oxygen atoms in total. The highest BCUT2D eigenvalue weighted by molar-refractivity contribution is 6.07. The molecule has 0 aliphatic heterocycles. The van der Waals surface area contributed by atoms with Crippen LogP contribution in [0.2, 0.25) is 0 Å². The molecule has 0 fully saturated rings. The van der Waals surface area contributed by atoms with Crippen molar-refractivity contribution in [3.05, 3.63) is 108 Å². The second kappa shape index (κ2) is 9.22. The Balaban J connectivity index is 1.53. The maximum absolute atomic E-state index is 13.0. The summed E-state index contributed by atoms with van der Waals surface area (Å²) in [5.74, 6) is 0.711. The van der Waals surface area contributed by atoms with E-state index in [1.54, 1.807) is 42.5 Å². The summed E-state index contributed by atoms with van der Waals surface area (Å²) in [5, 5.41) is 5.68. The zero-order valence-electron chi connectivity index (χ0n) is 17.7. The summed E-state index contributed by atoms with van der Waals surface area (Å²) < 4.78 is 11.1. The molecule has 4 aromatic rings. The van der Waals surface area contributed by atoms with Gasteiger partial charge in [-0.15, -0.1) is 0 Å². The summed E-state index contributed by atoms with van der Waals surface area (Å²) in [4.78, 5) is 25.3. The van der Waals surface area contributed by atoms with Crippen LogP contribution in [0.5, 0.6) is 11.5 Å². The number of para-hydroxylation sites is 2. The second-order valence-electron chi connectivity index (χ2n) is 7.33. The molecule has 0 saturated carbocycles. The van der Waals surface area contributed by atoms with Gasteiger partial charge in [0.2, 0.25) is 0 Å². The van der Waals surface area contributed by atoms with Gasteiger partial charge < -0.3 is 19.8 Å². The first-order valence-corrected chi connectivity index (χ1v) is 10.1. The summed E-state index contributed by atoms with van der Waals surface area (Å²) in [7, 11) is 0. The number of amides is 2. The molecule has 0 radical (unpaired) electrons. The summed E-state index contributed by atoms with van der Waals surface area (Å²) in [5.41, 5.74) is 3.37. The molecule has 6 heteroatoms. The number of hydrogen-bond acceptors (Lipinski definition) is 4. The van der Waals surface area contributed by atoms with E-state index < -0.39 is 0 Å². The summed E-state index contributed by atoms with van der Waals surface area (Å²) in [6.07, 6.45) is 1.43. The highest BCUT2D eigenvalue weighted by atomic mass is 16.5. The Morgan fingerprint density at radius 1 is 0.781 bits per heavy atom. The van der Waals surface area contributed by atoms with E-state index in [9.17, 15) is 9.59 Å². The molecule has 0 unspecified atom stereocenters. The van der Waals surface area contributed by atoms with Gasteiger partial charge in [-0.3, -0.25) is 9.59 Å². The molecule has 1 aromatic heterocycles. The van der Waals surface area contributed by atoms with Crippen LogP contribution in [0.15, 0.2) is 89.5 Å². The molecule has 0 aliphatic carbocycles.